The molecule has 0 radical (unpaired) electrons. The highest BCUT2D eigenvalue weighted by Gasteiger charge is 2.20. The fourth-order valence-electron chi connectivity index (χ4n) is 0.561. The second-order valence-electron chi connectivity index (χ2n) is 1.94. The number of nitrogens with zero attached hydrogens (tertiary/aromatic N) is 2. The van der Waals surface area contributed by atoms with E-state index in [0.717, 1.165) is 0 Å². The zero-order valence-corrected chi connectivity index (χ0v) is 5.03. The molecule has 1 aliphatic heterocycles. The summed E-state index contributed by atoms with van der Waals surface area (Å²) in [5, 5.41) is 9.80. The number of rotatable bonds is 2. The molecule has 1 heterocycles. The van der Waals surface area contributed by atoms with Crippen LogP contribution in [-0.2, 0) is 4.79 Å². The number of carbonyl (C=O) groups is 1. The van der Waals surface area contributed by atoms with Crippen LogP contribution in [-0.4, -0.2) is 12.1 Å². The van der Waals surface area contributed by atoms with Gasteiger partial charge in [0, 0.05) is 6.20 Å². The van der Waals surface area contributed by atoms with Gasteiger partial charge >= 0.3 is 0 Å². The molecule has 1 N–H and O–H groups in total. The maximum absolute atomic E-state index is 9.92. The summed E-state index contributed by atoms with van der Waals surface area (Å²) in [7, 11) is 0. The molecule has 4 heteroatoms. The third-order valence-electron chi connectivity index (χ3n) is 1.08. The van der Waals surface area contributed by atoms with Gasteiger partial charge in [-0.05, 0) is 13.0 Å². The number of hydrogen-bond donors (Lipinski definition) is 1. The molecule has 0 spiro atoms. The Kier molecular flexibility index (Phi) is 1.30. The fraction of sp³-hybridized carbons (Fsp3) is 0.400. The Labute approximate surface area is 52.7 Å². The van der Waals surface area contributed by atoms with Crippen LogP contribution in [0.3, 0.4) is 0 Å². The summed E-state index contributed by atoms with van der Waals surface area (Å²) in [5.74, 6) is 0. The topological polar surface area (TPSA) is 53.8 Å². The molecular formula is C5H7N3O. The van der Waals surface area contributed by atoms with Crippen molar-refractivity contribution >= 4 is 6.41 Å². The molecule has 0 aromatic carbocycles. The van der Waals surface area contributed by atoms with Gasteiger partial charge in [0.1, 0.15) is 0 Å². The first kappa shape index (κ1) is 5.94. The Hall–Kier alpha value is -1.19. The average molecular weight is 125 g/mol. The molecule has 0 saturated carbocycles. The molecule has 1 atom stereocenters. The molecule has 0 saturated heterocycles. The average Bonchev–Trinajstić information content (AvgIpc) is 2.16. The third kappa shape index (κ3) is 1.13. The van der Waals surface area contributed by atoms with E-state index in [1.165, 1.54) is 0 Å². The van der Waals surface area contributed by atoms with Crippen molar-refractivity contribution in [2.75, 3.05) is 0 Å². The van der Waals surface area contributed by atoms with E-state index in [1.807, 2.05) is 0 Å². The standard InChI is InChI=1S/C5H7N3O/c1-5(6-4-9)2-3-7-8-5/h2-4H,1H3,(H,6,9). The highest BCUT2D eigenvalue weighted by atomic mass is 16.1. The largest absolute Gasteiger partial charge is 0.330 e. The molecule has 0 aliphatic carbocycles. The molecule has 9 heavy (non-hydrogen) atoms. The summed E-state index contributed by atoms with van der Waals surface area (Å²) in [6.07, 6.45) is 3.87. The summed E-state index contributed by atoms with van der Waals surface area (Å²) < 4.78 is 0. The number of hydrogen-bond acceptors (Lipinski definition) is 3. The lowest BCUT2D eigenvalue weighted by Crippen LogP contribution is -2.35. The van der Waals surface area contributed by atoms with Crippen molar-refractivity contribution in [2.45, 2.75) is 12.6 Å². The van der Waals surface area contributed by atoms with E-state index in [4.69, 9.17) is 0 Å². The minimum absolute atomic E-state index is 0.595. The zero-order valence-electron chi connectivity index (χ0n) is 5.03. The van der Waals surface area contributed by atoms with Crippen LogP contribution in [0.2, 0.25) is 0 Å². The van der Waals surface area contributed by atoms with Crippen molar-refractivity contribution in [3.05, 3.63) is 12.3 Å². The van der Waals surface area contributed by atoms with E-state index in [1.54, 1.807) is 19.2 Å². The molecule has 1 rings (SSSR count). The number of carbonyl (C=O) groups excluding carboxylic acids is 1. The molecule has 1 amide bonds. The van der Waals surface area contributed by atoms with Crippen LogP contribution < -0.4 is 5.32 Å². The highest BCUT2D eigenvalue weighted by molar-refractivity contribution is 5.48. The predicted octanol–water partition coefficient (Wildman–Crippen LogP) is 0.428. The van der Waals surface area contributed by atoms with Gasteiger partial charge in [0.05, 0.1) is 0 Å². The maximum Gasteiger partial charge on any atom is 0.209 e. The summed E-state index contributed by atoms with van der Waals surface area (Å²) in [4.78, 5) is 9.92. The van der Waals surface area contributed by atoms with Crippen molar-refractivity contribution in [3.63, 3.8) is 0 Å². The molecule has 4 nitrogen and oxygen atoms in total. The van der Waals surface area contributed by atoms with Gasteiger partial charge in [-0.2, -0.15) is 10.2 Å². The van der Waals surface area contributed by atoms with Gasteiger partial charge in [-0.3, -0.25) is 4.79 Å². The van der Waals surface area contributed by atoms with Crippen molar-refractivity contribution in [2.24, 2.45) is 10.2 Å². The Bertz CT molecular complexity index is 161. The van der Waals surface area contributed by atoms with E-state index in [2.05, 4.69) is 15.5 Å². The van der Waals surface area contributed by atoms with Gasteiger partial charge < -0.3 is 5.32 Å². The Morgan fingerprint density at radius 3 is 3.00 bits per heavy atom. The monoisotopic (exact) mass is 125 g/mol. The highest BCUT2D eigenvalue weighted by Crippen LogP contribution is 2.13. The van der Waals surface area contributed by atoms with Gasteiger partial charge in [0.25, 0.3) is 0 Å². The van der Waals surface area contributed by atoms with Crippen molar-refractivity contribution in [1.29, 1.82) is 0 Å². The quantitative estimate of drug-likeness (QED) is 0.534. The molecule has 0 aromatic rings. The fourth-order valence-corrected chi connectivity index (χ4v) is 0.561. The van der Waals surface area contributed by atoms with E-state index < -0.39 is 5.66 Å². The predicted molar refractivity (Wildman–Crippen MR) is 31.6 cm³/mol. The van der Waals surface area contributed by atoms with Gasteiger partial charge in [-0.25, -0.2) is 0 Å². The number of azo groups is 1. The second kappa shape index (κ2) is 1.97. The van der Waals surface area contributed by atoms with E-state index in [0.29, 0.717) is 6.41 Å². The van der Waals surface area contributed by atoms with Crippen molar-refractivity contribution in [1.82, 2.24) is 5.32 Å². The van der Waals surface area contributed by atoms with Crippen LogP contribution in [0.4, 0.5) is 0 Å². The van der Waals surface area contributed by atoms with E-state index in [-0.39, 0.29) is 0 Å². The molecule has 0 fully saturated rings. The van der Waals surface area contributed by atoms with Gasteiger partial charge in [0.2, 0.25) is 6.41 Å². The number of nitrogens with one attached hydrogen (secondary N) is 1. The lowest BCUT2D eigenvalue weighted by molar-refractivity contribution is -0.110. The third-order valence-corrected chi connectivity index (χ3v) is 1.08. The minimum atomic E-state index is -0.595. The molecule has 48 valence electrons. The van der Waals surface area contributed by atoms with E-state index in [9.17, 15) is 4.79 Å². The Morgan fingerprint density at radius 1 is 1.78 bits per heavy atom. The minimum Gasteiger partial charge on any atom is -0.330 e. The molecular weight excluding hydrogens is 118 g/mol. The second-order valence-corrected chi connectivity index (χ2v) is 1.94. The normalized spacial score (nSPS) is 30.8. The number of amides is 1. The first-order chi connectivity index (χ1) is 4.27. The summed E-state index contributed by atoms with van der Waals surface area (Å²) in [6, 6.07) is 0. The Morgan fingerprint density at radius 2 is 2.56 bits per heavy atom. The summed E-state index contributed by atoms with van der Waals surface area (Å²) >= 11 is 0. The molecule has 1 aliphatic rings. The van der Waals surface area contributed by atoms with Crippen molar-refractivity contribution in [3.8, 4) is 0 Å². The first-order valence-corrected chi connectivity index (χ1v) is 2.58. The van der Waals surface area contributed by atoms with Gasteiger partial charge in [-0.15, -0.1) is 0 Å². The van der Waals surface area contributed by atoms with Gasteiger partial charge in [-0.1, -0.05) is 0 Å². The van der Waals surface area contributed by atoms with Crippen LogP contribution in [0.25, 0.3) is 0 Å². The maximum atomic E-state index is 9.92. The van der Waals surface area contributed by atoms with Crippen LogP contribution >= 0.6 is 0 Å². The molecule has 0 aromatic heterocycles. The summed E-state index contributed by atoms with van der Waals surface area (Å²) in [6.45, 7) is 1.76. The lowest BCUT2D eigenvalue weighted by Gasteiger charge is -2.13. The summed E-state index contributed by atoms with van der Waals surface area (Å²) in [5.41, 5.74) is -0.595. The van der Waals surface area contributed by atoms with Crippen LogP contribution in [0.15, 0.2) is 22.5 Å². The smallest absolute Gasteiger partial charge is 0.209 e. The molecule has 1 unspecified atom stereocenters. The first-order valence-electron chi connectivity index (χ1n) is 2.58. The van der Waals surface area contributed by atoms with E-state index >= 15 is 0 Å². The SMILES string of the molecule is CC1(NC=O)C=CN=N1. The van der Waals surface area contributed by atoms with Crippen molar-refractivity contribution < 1.29 is 4.79 Å². The molecule has 0 bridgehead atoms. The van der Waals surface area contributed by atoms with Gasteiger partial charge in [0.15, 0.2) is 5.66 Å². The van der Waals surface area contributed by atoms with Crippen LogP contribution in [0.5, 0.6) is 0 Å². The van der Waals surface area contributed by atoms with Crippen LogP contribution in [0, 0.1) is 0 Å². The Balaban J connectivity index is 2.63. The lowest BCUT2D eigenvalue weighted by atomic mass is 10.2. The van der Waals surface area contributed by atoms with Crippen LogP contribution in [0.1, 0.15) is 6.92 Å². The zero-order chi connectivity index (χ0) is 6.74.